The van der Waals surface area contributed by atoms with E-state index in [4.69, 9.17) is 18.9 Å². The Balaban J connectivity index is 2.39. The lowest BCUT2D eigenvalue weighted by Gasteiger charge is -2.13. The molecule has 0 fully saturated rings. The zero-order chi connectivity index (χ0) is 15.3. The molecule has 1 heterocycles. The Hall–Kier alpha value is -1.60. The molecule has 0 bridgehead atoms. The van der Waals surface area contributed by atoms with E-state index in [0.717, 1.165) is 19.4 Å². The summed E-state index contributed by atoms with van der Waals surface area (Å²) in [6.45, 7) is 5.23. The van der Waals surface area contributed by atoms with Crippen molar-refractivity contribution in [2.75, 3.05) is 52.5 Å². The minimum atomic E-state index is 0.447. The highest BCUT2D eigenvalue weighted by Gasteiger charge is 2.12. The topological polar surface area (TPSA) is 74.7 Å². The van der Waals surface area contributed by atoms with Crippen LogP contribution in [0.2, 0.25) is 0 Å². The minimum absolute atomic E-state index is 0.447. The fraction of sp³-hybridized carbons (Fsp3) is 0.714. The molecule has 1 aromatic rings. The van der Waals surface area contributed by atoms with Crippen LogP contribution in [0.3, 0.4) is 0 Å². The zero-order valence-electron chi connectivity index (χ0n) is 13.1. The van der Waals surface area contributed by atoms with Gasteiger partial charge in [0.05, 0.1) is 26.9 Å². The first kappa shape index (κ1) is 17.5. The summed E-state index contributed by atoms with van der Waals surface area (Å²) in [4.78, 5) is 8.27. The van der Waals surface area contributed by atoms with Gasteiger partial charge in [-0.05, 0) is 6.42 Å². The number of rotatable bonds is 12. The predicted octanol–water partition coefficient (Wildman–Crippen LogP) is 1.74. The van der Waals surface area contributed by atoms with E-state index >= 15 is 0 Å². The van der Waals surface area contributed by atoms with Gasteiger partial charge in [0.25, 0.3) is 5.88 Å². The van der Waals surface area contributed by atoms with Crippen LogP contribution in [-0.2, 0) is 9.47 Å². The van der Waals surface area contributed by atoms with Crippen molar-refractivity contribution in [3.8, 4) is 11.6 Å². The second kappa shape index (κ2) is 11.1. The van der Waals surface area contributed by atoms with E-state index < -0.39 is 0 Å². The third kappa shape index (κ3) is 6.59. The third-order valence-electron chi connectivity index (χ3n) is 2.62. The molecule has 0 spiro atoms. The van der Waals surface area contributed by atoms with Crippen LogP contribution in [0.5, 0.6) is 11.6 Å². The maximum atomic E-state index is 5.63. The molecule has 7 nitrogen and oxygen atoms in total. The molecule has 0 aromatic carbocycles. The fourth-order valence-corrected chi connectivity index (χ4v) is 1.59. The van der Waals surface area contributed by atoms with Crippen LogP contribution in [-0.4, -0.2) is 57.2 Å². The lowest BCUT2D eigenvalue weighted by Crippen LogP contribution is -2.09. The molecule has 0 atom stereocenters. The molecule has 21 heavy (non-hydrogen) atoms. The van der Waals surface area contributed by atoms with Gasteiger partial charge in [-0.1, -0.05) is 6.92 Å². The fourth-order valence-electron chi connectivity index (χ4n) is 1.59. The zero-order valence-corrected chi connectivity index (χ0v) is 13.1. The van der Waals surface area contributed by atoms with Crippen LogP contribution < -0.4 is 14.8 Å². The van der Waals surface area contributed by atoms with Gasteiger partial charge in [-0.15, -0.1) is 0 Å². The number of methoxy groups -OCH3 is 2. The molecular weight excluding hydrogens is 274 g/mol. The summed E-state index contributed by atoms with van der Waals surface area (Å²) in [5, 5.41) is 3.18. The molecule has 0 saturated heterocycles. The van der Waals surface area contributed by atoms with Crippen LogP contribution in [0.25, 0.3) is 0 Å². The quantitative estimate of drug-likeness (QED) is 0.589. The van der Waals surface area contributed by atoms with Gasteiger partial charge in [0.1, 0.15) is 6.33 Å². The van der Waals surface area contributed by atoms with Crippen molar-refractivity contribution < 1.29 is 18.9 Å². The van der Waals surface area contributed by atoms with Gasteiger partial charge in [0.15, 0.2) is 5.82 Å². The van der Waals surface area contributed by atoms with Gasteiger partial charge in [0, 0.05) is 26.7 Å². The smallest absolute Gasteiger partial charge is 0.262 e. The van der Waals surface area contributed by atoms with Crippen LogP contribution in [0.4, 0.5) is 5.82 Å². The Morgan fingerprint density at radius 3 is 2.67 bits per heavy atom. The third-order valence-corrected chi connectivity index (χ3v) is 2.62. The first-order valence-corrected chi connectivity index (χ1v) is 7.15. The molecule has 7 heteroatoms. The molecule has 1 aromatic heterocycles. The lowest BCUT2D eigenvalue weighted by atomic mass is 10.4. The highest BCUT2D eigenvalue weighted by Crippen LogP contribution is 2.30. The van der Waals surface area contributed by atoms with E-state index in [0.29, 0.717) is 43.9 Å². The highest BCUT2D eigenvalue weighted by atomic mass is 16.5. The van der Waals surface area contributed by atoms with E-state index in [1.807, 2.05) is 0 Å². The molecule has 1 rings (SSSR count). The standard InChI is InChI=1S/C14H25N3O4/c1-4-6-15-13-12(19-3)14(17-11-16-13)21-8-5-7-20-10-9-18-2/h11H,4-10H2,1-3H3,(H,15,16,17). The summed E-state index contributed by atoms with van der Waals surface area (Å²) in [5.41, 5.74) is 0. The van der Waals surface area contributed by atoms with Crippen molar-refractivity contribution in [2.45, 2.75) is 19.8 Å². The summed E-state index contributed by atoms with van der Waals surface area (Å²) in [6.07, 6.45) is 3.24. The highest BCUT2D eigenvalue weighted by molar-refractivity contribution is 5.54. The van der Waals surface area contributed by atoms with Crippen LogP contribution >= 0.6 is 0 Å². The van der Waals surface area contributed by atoms with E-state index in [2.05, 4.69) is 22.2 Å². The SMILES string of the molecule is CCCNc1ncnc(OCCCOCCOC)c1OC. The Kier molecular flexibility index (Phi) is 9.23. The van der Waals surface area contributed by atoms with Crippen molar-refractivity contribution in [1.82, 2.24) is 9.97 Å². The summed E-state index contributed by atoms with van der Waals surface area (Å²) in [6, 6.07) is 0. The lowest BCUT2D eigenvalue weighted by molar-refractivity contribution is 0.0640. The van der Waals surface area contributed by atoms with E-state index in [1.54, 1.807) is 14.2 Å². The van der Waals surface area contributed by atoms with Crippen LogP contribution in [0.1, 0.15) is 19.8 Å². The van der Waals surface area contributed by atoms with Crippen molar-refractivity contribution in [3.05, 3.63) is 6.33 Å². The average molecular weight is 299 g/mol. The monoisotopic (exact) mass is 299 g/mol. The van der Waals surface area contributed by atoms with E-state index in [9.17, 15) is 0 Å². The number of hydrogen-bond donors (Lipinski definition) is 1. The summed E-state index contributed by atoms with van der Waals surface area (Å²) in [5.74, 6) is 1.63. The Labute approximate surface area is 126 Å². The molecule has 120 valence electrons. The minimum Gasteiger partial charge on any atom is -0.489 e. The Bertz CT molecular complexity index is 390. The molecule has 0 amide bonds. The molecule has 0 aliphatic heterocycles. The van der Waals surface area contributed by atoms with Crippen LogP contribution in [0.15, 0.2) is 6.33 Å². The van der Waals surface area contributed by atoms with Crippen LogP contribution in [0, 0.1) is 0 Å². The number of anilines is 1. The molecule has 0 saturated carbocycles. The number of hydrogen-bond acceptors (Lipinski definition) is 7. The summed E-state index contributed by atoms with van der Waals surface area (Å²) < 4.78 is 21.2. The molecule has 0 radical (unpaired) electrons. The first-order chi connectivity index (χ1) is 10.3. The van der Waals surface area contributed by atoms with Gasteiger partial charge in [-0.3, -0.25) is 0 Å². The maximum Gasteiger partial charge on any atom is 0.262 e. The average Bonchev–Trinajstić information content (AvgIpc) is 2.52. The number of nitrogens with zero attached hydrogens (tertiary/aromatic N) is 2. The number of ether oxygens (including phenoxy) is 4. The second-order valence-electron chi connectivity index (χ2n) is 4.29. The largest absolute Gasteiger partial charge is 0.489 e. The van der Waals surface area contributed by atoms with Crippen molar-refractivity contribution >= 4 is 5.82 Å². The Morgan fingerprint density at radius 1 is 1.10 bits per heavy atom. The number of nitrogens with one attached hydrogen (secondary N) is 1. The molecular formula is C14H25N3O4. The predicted molar refractivity (Wildman–Crippen MR) is 80.2 cm³/mol. The first-order valence-electron chi connectivity index (χ1n) is 7.15. The summed E-state index contributed by atoms with van der Waals surface area (Å²) in [7, 11) is 3.23. The second-order valence-corrected chi connectivity index (χ2v) is 4.29. The van der Waals surface area contributed by atoms with Gasteiger partial charge < -0.3 is 24.3 Å². The molecule has 0 unspecified atom stereocenters. The normalized spacial score (nSPS) is 10.4. The molecule has 0 aliphatic carbocycles. The van der Waals surface area contributed by atoms with Gasteiger partial charge >= 0.3 is 0 Å². The Morgan fingerprint density at radius 2 is 1.95 bits per heavy atom. The van der Waals surface area contributed by atoms with Gasteiger partial charge in [0.2, 0.25) is 5.75 Å². The maximum absolute atomic E-state index is 5.63. The summed E-state index contributed by atoms with van der Waals surface area (Å²) >= 11 is 0. The van der Waals surface area contributed by atoms with Gasteiger partial charge in [-0.2, -0.15) is 4.98 Å². The molecule has 0 aliphatic rings. The van der Waals surface area contributed by atoms with Gasteiger partial charge in [-0.25, -0.2) is 4.98 Å². The van der Waals surface area contributed by atoms with Crippen molar-refractivity contribution in [2.24, 2.45) is 0 Å². The van der Waals surface area contributed by atoms with E-state index in [-0.39, 0.29) is 0 Å². The number of aromatic nitrogens is 2. The molecule has 1 N–H and O–H groups in total. The van der Waals surface area contributed by atoms with E-state index in [1.165, 1.54) is 6.33 Å². The van der Waals surface area contributed by atoms with Crippen molar-refractivity contribution in [3.63, 3.8) is 0 Å². The van der Waals surface area contributed by atoms with Crippen molar-refractivity contribution in [1.29, 1.82) is 0 Å².